The standard InChI is InChI=1S/C18H21ClN2O2/c1-13(18(22)20-16-8-6-15(19)7-9-16)21(2)12-14-4-10-17(23-3)11-5-14/h4-11,13H,12H2,1-3H3,(H,20,22). The lowest BCUT2D eigenvalue weighted by molar-refractivity contribution is -0.120. The zero-order valence-electron chi connectivity index (χ0n) is 13.5. The van der Waals surface area contributed by atoms with E-state index in [1.807, 2.05) is 43.1 Å². The van der Waals surface area contributed by atoms with Crippen LogP contribution in [0, 0.1) is 0 Å². The summed E-state index contributed by atoms with van der Waals surface area (Å²) in [4.78, 5) is 14.3. The molecule has 2 aromatic rings. The fourth-order valence-electron chi connectivity index (χ4n) is 2.14. The molecular weight excluding hydrogens is 312 g/mol. The van der Waals surface area contributed by atoms with E-state index in [9.17, 15) is 4.79 Å². The number of halogens is 1. The Labute approximate surface area is 142 Å². The van der Waals surface area contributed by atoms with Crippen molar-refractivity contribution in [3.63, 3.8) is 0 Å². The van der Waals surface area contributed by atoms with Crippen LogP contribution in [-0.4, -0.2) is 31.0 Å². The Morgan fingerprint density at radius 1 is 1.17 bits per heavy atom. The minimum Gasteiger partial charge on any atom is -0.497 e. The summed E-state index contributed by atoms with van der Waals surface area (Å²) in [5.74, 6) is 0.772. The van der Waals surface area contributed by atoms with Crippen LogP contribution in [0.2, 0.25) is 5.02 Å². The van der Waals surface area contributed by atoms with Gasteiger partial charge in [0.25, 0.3) is 0 Å². The minimum absolute atomic E-state index is 0.0525. The molecule has 0 aliphatic carbocycles. The molecule has 0 radical (unpaired) electrons. The van der Waals surface area contributed by atoms with E-state index in [0.717, 1.165) is 17.0 Å². The van der Waals surface area contributed by atoms with Gasteiger partial charge in [0.2, 0.25) is 5.91 Å². The molecule has 0 aliphatic heterocycles. The number of rotatable bonds is 6. The Kier molecular flexibility index (Phi) is 6.02. The van der Waals surface area contributed by atoms with Gasteiger partial charge in [-0.2, -0.15) is 0 Å². The molecule has 5 heteroatoms. The third-order valence-corrected chi connectivity index (χ3v) is 4.00. The summed E-state index contributed by atoms with van der Waals surface area (Å²) in [5.41, 5.74) is 1.86. The number of carbonyl (C=O) groups excluding carboxylic acids is 1. The summed E-state index contributed by atoms with van der Waals surface area (Å²) in [6, 6.07) is 14.7. The van der Waals surface area contributed by atoms with Crippen LogP contribution in [0.25, 0.3) is 0 Å². The second kappa shape index (κ2) is 7.99. The Hall–Kier alpha value is -2.04. The lowest BCUT2D eigenvalue weighted by Gasteiger charge is -2.24. The summed E-state index contributed by atoms with van der Waals surface area (Å²) in [7, 11) is 3.57. The van der Waals surface area contributed by atoms with Crippen molar-refractivity contribution in [2.45, 2.75) is 19.5 Å². The summed E-state index contributed by atoms with van der Waals surface area (Å²) >= 11 is 5.84. The second-order valence-electron chi connectivity index (χ2n) is 5.44. The molecule has 4 nitrogen and oxygen atoms in total. The summed E-state index contributed by atoms with van der Waals surface area (Å²) < 4.78 is 5.15. The predicted molar refractivity (Wildman–Crippen MR) is 94.0 cm³/mol. The van der Waals surface area contributed by atoms with Crippen LogP contribution in [0.4, 0.5) is 5.69 Å². The zero-order chi connectivity index (χ0) is 16.8. The molecule has 1 atom stereocenters. The summed E-state index contributed by atoms with van der Waals surface area (Å²) in [5, 5.41) is 3.54. The van der Waals surface area contributed by atoms with Gasteiger partial charge in [0.15, 0.2) is 0 Å². The van der Waals surface area contributed by atoms with Crippen LogP contribution in [0.15, 0.2) is 48.5 Å². The van der Waals surface area contributed by atoms with E-state index in [1.54, 1.807) is 31.4 Å². The Balaban J connectivity index is 1.93. The van der Waals surface area contributed by atoms with Crippen LogP contribution < -0.4 is 10.1 Å². The third-order valence-electron chi connectivity index (χ3n) is 3.74. The van der Waals surface area contributed by atoms with Crippen molar-refractivity contribution in [1.29, 1.82) is 0 Å². The summed E-state index contributed by atoms with van der Waals surface area (Å²) in [6.45, 7) is 2.56. The maximum Gasteiger partial charge on any atom is 0.241 e. The van der Waals surface area contributed by atoms with Gasteiger partial charge in [-0.15, -0.1) is 0 Å². The fourth-order valence-corrected chi connectivity index (χ4v) is 2.26. The molecule has 1 amide bonds. The van der Waals surface area contributed by atoms with Gasteiger partial charge in [-0.3, -0.25) is 9.69 Å². The first kappa shape index (κ1) is 17.3. The smallest absolute Gasteiger partial charge is 0.241 e. The van der Waals surface area contributed by atoms with Crippen molar-refractivity contribution in [3.8, 4) is 5.75 Å². The highest BCUT2D eigenvalue weighted by atomic mass is 35.5. The first-order chi connectivity index (χ1) is 11.0. The Morgan fingerprint density at radius 3 is 2.35 bits per heavy atom. The van der Waals surface area contributed by atoms with Crippen LogP contribution >= 0.6 is 11.6 Å². The molecule has 1 unspecified atom stereocenters. The van der Waals surface area contributed by atoms with Crippen molar-refractivity contribution in [3.05, 3.63) is 59.1 Å². The SMILES string of the molecule is COc1ccc(CN(C)C(C)C(=O)Nc2ccc(Cl)cc2)cc1. The van der Waals surface area contributed by atoms with Gasteiger partial charge in [0.1, 0.15) is 5.75 Å². The fraction of sp³-hybridized carbons (Fsp3) is 0.278. The monoisotopic (exact) mass is 332 g/mol. The molecule has 1 N–H and O–H groups in total. The van der Waals surface area contributed by atoms with Gasteiger partial charge in [-0.1, -0.05) is 23.7 Å². The topological polar surface area (TPSA) is 41.6 Å². The van der Waals surface area contributed by atoms with Crippen LogP contribution in [-0.2, 0) is 11.3 Å². The minimum atomic E-state index is -0.257. The molecule has 0 saturated carbocycles. The number of amides is 1. The van der Waals surface area contributed by atoms with Crippen LogP contribution in [0.3, 0.4) is 0 Å². The predicted octanol–water partition coefficient (Wildman–Crippen LogP) is 3.81. The van der Waals surface area contributed by atoms with Crippen molar-refractivity contribution >= 4 is 23.2 Å². The van der Waals surface area contributed by atoms with Crippen molar-refractivity contribution in [2.75, 3.05) is 19.5 Å². The molecule has 0 fully saturated rings. The van der Waals surface area contributed by atoms with Crippen molar-refractivity contribution in [1.82, 2.24) is 4.90 Å². The van der Waals surface area contributed by atoms with E-state index in [0.29, 0.717) is 11.6 Å². The average molecular weight is 333 g/mol. The number of ether oxygens (including phenoxy) is 1. The van der Waals surface area contributed by atoms with Gasteiger partial charge >= 0.3 is 0 Å². The molecular formula is C18H21ClN2O2. The maximum absolute atomic E-state index is 12.3. The maximum atomic E-state index is 12.3. The highest BCUT2D eigenvalue weighted by Crippen LogP contribution is 2.16. The first-order valence-corrected chi connectivity index (χ1v) is 7.77. The van der Waals surface area contributed by atoms with Gasteiger partial charge in [0, 0.05) is 17.3 Å². The molecule has 0 heterocycles. The number of hydrogen-bond donors (Lipinski definition) is 1. The van der Waals surface area contributed by atoms with E-state index < -0.39 is 0 Å². The average Bonchev–Trinajstić information content (AvgIpc) is 2.56. The molecule has 0 aromatic heterocycles. The lowest BCUT2D eigenvalue weighted by Crippen LogP contribution is -2.39. The summed E-state index contributed by atoms with van der Waals surface area (Å²) in [6.07, 6.45) is 0. The largest absolute Gasteiger partial charge is 0.497 e. The Bertz CT molecular complexity index is 641. The van der Waals surface area contributed by atoms with E-state index >= 15 is 0 Å². The molecule has 122 valence electrons. The van der Waals surface area contributed by atoms with E-state index in [-0.39, 0.29) is 11.9 Å². The first-order valence-electron chi connectivity index (χ1n) is 7.39. The number of methoxy groups -OCH3 is 1. The molecule has 0 aliphatic rings. The Morgan fingerprint density at radius 2 is 1.78 bits per heavy atom. The van der Waals surface area contributed by atoms with E-state index in [1.165, 1.54) is 0 Å². The highest BCUT2D eigenvalue weighted by Gasteiger charge is 2.18. The molecule has 0 bridgehead atoms. The number of benzene rings is 2. The molecule has 2 rings (SSSR count). The number of nitrogens with zero attached hydrogens (tertiary/aromatic N) is 1. The number of nitrogens with one attached hydrogen (secondary N) is 1. The zero-order valence-corrected chi connectivity index (χ0v) is 14.3. The van der Waals surface area contributed by atoms with Crippen molar-refractivity contribution < 1.29 is 9.53 Å². The van der Waals surface area contributed by atoms with Crippen molar-refractivity contribution in [2.24, 2.45) is 0 Å². The lowest BCUT2D eigenvalue weighted by atomic mass is 10.1. The van der Waals surface area contributed by atoms with Gasteiger partial charge in [-0.05, 0) is 55.9 Å². The number of carbonyl (C=O) groups is 1. The van der Waals surface area contributed by atoms with E-state index in [2.05, 4.69) is 5.32 Å². The van der Waals surface area contributed by atoms with Gasteiger partial charge in [-0.25, -0.2) is 0 Å². The third kappa shape index (κ3) is 4.98. The molecule has 0 saturated heterocycles. The van der Waals surface area contributed by atoms with E-state index in [4.69, 9.17) is 16.3 Å². The van der Waals surface area contributed by atoms with Crippen LogP contribution in [0.1, 0.15) is 12.5 Å². The number of hydrogen-bond acceptors (Lipinski definition) is 3. The number of likely N-dealkylation sites (N-methyl/N-ethyl adjacent to an activating group) is 1. The van der Waals surface area contributed by atoms with Crippen LogP contribution in [0.5, 0.6) is 5.75 Å². The second-order valence-corrected chi connectivity index (χ2v) is 5.87. The number of anilines is 1. The van der Waals surface area contributed by atoms with Gasteiger partial charge < -0.3 is 10.1 Å². The molecule has 0 spiro atoms. The van der Waals surface area contributed by atoms with Gasteiger partial charge in [0.05, 0.1) is 13.2 Å². The quantitative estimate of drug-likeness (QED) is 0.874. The highest BCUT2D eigenvalue weighted by molar-refractivity contribution is 6.30. The molecule has 23 heavy (non-hydrogen) atoms. The molecule has 2 aromatic carbocycles. The normalized spacial score (nSPS) is 12.0.